The van der Waals surface area contributed by atoms with Crippen LogP contribution in [0.25, 0.3) is 0 Å². The largest absolute Gasteiger partial charge is 0.396 e. The number of thiocarbonyl (C=S) groups is 2. The quantitative estimate of drug-likeness (QED) is 0.173. The smallest absolute Gasteiger partial charge is 0.170 e. The third-order valence-corrected chi connectivity index (χ3v) is 6.03. The number of isothiocyanates is 1. The van der Waals surface area contributed by atoms with Crippen LogP contribution >= 0.6 is 24.4 Å². The lowest BCUT2D eigenvalue weighted by atomic mass is 9.95. The Morgan fingerprint density at radius 2 is 1.39 bits per heavy atom. The lowest BCUT2D eigenvalue weighted by Crippen LogP contribution is -2.38. The van der Waals surface area contributed by atoms with Crippen LogP contribution in [-0.2, 0) is 0 Å². The molecule has 38 heavy (non-hydrogen) atoms. The first kappa shape index (κ1) is 35.8. The molecule has 2 rings (SSSR count). The average Bonchev–Trinajstić information content (AvgIpc) is 2.89. The molecule has 0 saturated carbocycles. The molecule has 0 aliphatic heterocycles. The minimum absolute atomic E-state index is 0.0833. The minimum atomic E-state index is -0.177. The van der Waals surface area contributed by atoms with Gasteiger partial charge in [0.05, 0.1) is 10.8 Å². The Balaban J connectivity index is 0.000000612. The summed E-state index contributed by atoms with van der Waals surface area (Å²) in [6.45, 7) is 17.9. The second kappa shape index (κ2) is 18.2. The first-order valence-electron chi connectivity index (χ1n) is 13.0. The summed E-state index contributed by atoms with van der Waals surface area (Å²) in [6.07, 6.45) is 0. The SMILES string of the molecule is CC(C)(CN)CO.CC(C)c1ccccc1N=C=S.CC(C)c1ccccc1NC(=S)NCC(C)(C)CO. The van der Waals surface area contributed by atoms with Crippen LogP contribution in [-0.4, -0.2) is 46.8 Å². The van der Waals surface area contributed by atoms with Crippen molar-refractivity contribution >= 4 is 46.1 Å². The Kier molecular flexibility index (Phi) is 17.1. The number of aliphatic hydroxyl groups excluding tert-OH is 2. The molecule has 2 aromatic rings. The number of aliphatic hydroxyl groups is 2. The van der Waals surface area contributed by atoms with Gasteiger partial charge in [0.2, 0.25) is 0 Å². The van der Waals surface area contributed by atoms with Crippen molar-refractivity contribution < 1.29 is 10.2 Å². The molecule has 2 aromatic carbocycles. The van der Waals surface area contributed by atoms with E-state index < -0.39 is 0 Å². The Morgan fingerprint density at radius 3 is 1.84 bits per heavy atom. The van der Waals surface area contributed by atoms with Crippen molar-refractivity contribution in [1.29, 1.82) is 0 Å². The molecule has 0 aliphatic rings. The fourth-order valence-corrected chi connectivity index (χ4v) is 3.13. The van der Waals surface area contributed by atoms with E-state index in [-0.39, 0.29) is 24.0 Å². The molecule has 0 unspecified atom stereocenters. The van der Waals surface area contributed by atoms with Gasteiger partial charge in [-0.25, -0.2) is 0 Å². The van der Waals surface area contributed by atoms with Crippen LogP contribution in [0.1, 0.15) is 78.4 Å². The van der Waals surface area contributed by atoms with Crippen LogP contribution in [0.2, 0.25) is 0 Å². The Morgan fingerprint density at radius 1 is 0.895 bits per heavy atom. The summed E-state index contributed by atoms with van der Waals surface area (Å²) in [5.74, 6) is 0.925. The highest BCUT2D eigenvalue weighted by atomic mass is 32.1. The van der Waals surface area contributed by atoms with Gasteiger partial charge in [-0.05, 0) is 66.1 Å². The zero-order valence-electron chi connectivity index (χ0n) is 24.3. The van der Waals surface area contributed by atoms with Gasteiger partial charge in [-0.15, -0.1) is 0 Å². The van der Waals surface area contributed by atoms with Gasteiger partial charge < -0.3 is 26.6 Å². The number of para-hydroxylation sites is 2. The molecule has 212 valence electrons. The molecule has 0 radical (unpaired) electrons. The van der Waals surface area contributed by atoms with E-state index in [4.69, 9.17) is 23.1 Å². The maximum atomic E-state index is 9.21. The molecule has 0 heterocycles. The fourth-order valence-electron chi connectivity index (χ4n) is 2.85. The number of hydrogen-bond donors (Lipinski definition) is 5. The van der Waals surface area contributed by atoms with E-state index in [0.717, 1.165) is 11.4 Å². The predicted octanol–water partition coefficient (Wildman–Crippen LogP) is 6.62. The van der Waals surface area contributed by atoms with Crippen molar-refractivity contribution in [3.05, 3.63) is 59.7 Å². The van der Waals surface area contributed by atoms with E-state index in [1.54, 1.807) is 0 Å². The summed E-state index contributed by atoms with van der Waals surface area (Å²) in [7, 11) is 0. The van der Waals surface area contributed by atoms with E-state index in [0.29, 0.717) is 30.0 Å². The third-order valence-electron chi connectivity index (χ3n) is 5.69. The number of anilines is 1. The van der Waals surface area contributed by atoms with Crippen LogP contribution < -0.4 is 16.4 Å². The molecule has 0 bridgehead atoms. The van der Waals surface area contributed by atoms with Crippen molar-refractivity contribution in [2.75, 3.05) is 31.6 Å². The van der Waals surface area contributed by atoms with Crippen molar-refractivity contribution in [3.8, 4) is 0 Å². The lowest BCUT2D eigenvalue weighted by Gasteiger charge is -2.23. The molecule has 8 heteroatoms. The number of nitrogens with two attached hydrogens (primary N) is 1. The maximum absolute atomic E-state index is 9.21. The molecule has 0 atom stereocenters. The highest BCUT2D eigenvalue weighted by Gasteiger charge is 2.17. The Bertz CT molecular complexity index is 1010. The van der Waals surface area contributed by atoms with Crippen LogP contribution in [0, 0.1) is 10.8 Å². The highest BCUT2D eigenvalue weighted by molar-refractivity contribution is 7.80. The van der Waals surface area contributed by atoms with Crippen molar-refractivity contribution in [2.45, 2.75) is 67.2 Å². The van der Waals surface area contributed by atoms with Crippen LogP contribution in [0.5, 0.6) is 0 Å². The third kappa shape index (κ3) is 14.7. The molecular weight excluding hydrogens is 512 g/mol. The summed E-state index contributed by atoms with van der Waals surface area (Å²) >= 11 is 9.86. The van der Waals surface area contributed by atoms with Crippen molar-refractivity contribution in [2.24, 2.45) is 21.6 Å². The zero-order chi connectivity index (χ0) is 29.4. The average molecular weight is 561 g/mol. The summed E-state index contributed by atoms with van der Waals surface area (Å²) in [5.41, 5.74) is 9.43. The molecular formula is C30H48N4O2S2. The second-order valence-corrected chi connectivity index (χ2v) is 11.9. The molecule has 0 fully saturated rings. The van der Waals surface area contributed by atoms with Crippen molar-refractivity contribution in [1.82, 2.24) is 5.32 Å². The van der Waals surface area contributed by atoms with E-state index in [1.807, 2.05) is 64.1 Å². The number of hydrogen-bond acceptors (Lipinski definition) is 6. The van der Waals surface area contributed by atoms with Crippen LogP contribution in [0.3, 0.4) is 0 Å². The van der Waals surface area contributed by atoms with Gasteiger partial charge in [0, 0.05) is 36.3 Å². The van der Waals surface area contributed by atoms with E-state index in [1.165, 1.54) is 11.1 Å². The van der Waals surface area contributed by atoms with Gasteiger partial charge in [0.25, 0.3) is 0 Å². The predicted molar refractivity (Wildman–Crippen MR) is 171 cm³/mol. The van der Waals surface area contributed by atoms with E-state index in [2.05, 4.69) is 72.8 Å². The fraction of sp³-hybridized carbons (Fsp3) is 0.533. The molecule has 0 spiro atoms. The van der Waals surface area contributed by atoms with Crippen LogP contribution in [0.4, 0.5) is 11.4 Å². The summed E-state index contributed by atoms with van der Waals surface area (Å²) in [5, 5.41) is 27.1. The van der Waals surface area contributed by atoms with Gasteiger partial charge >= 0.3 is 0 Å². The first-order chi connectivity index (χ1) is 17.7. The van der Waals surface area contributed by atoms with Gasteiger partial charge in [0.1, 0.15) is 0 Å². The van der Waals surface area contributed by atoms with Gasteiger partial charge in [-0.1, -0.05) is 91.8 Å². The number of benzene rings is 2. The number of aliphatic imine (C=N–C) groups is 1. The minimum Gasteiger partial charge on any atom is -0.396 e. The van der Waals surface area contributed by atoms with E-state index >= 15 is 0 Å². The van der Waals surface area contributed by atoms with Crippen molar-refractivity contribution in [3.63, 3.8) is 0 Å². The van der Waals surface area contributed by atoms with Gasteiger partial charge in [-0.3, -0.25) is 0 Å². The monoisotopic (exact) mass is 560 g/mol. The summed E-state index contributed by atoms with van der Waals surface area (Å²) in [4.78, 5) is 3.99. The normalized spacial score (nSPS) is 11.0. The molecule has 0 aromatic heterocycles. The molecule has 6 N–H and O–H groups in total. The summed E-state index contributed by atoms with van der Waals surface area (Å²) < 4.78 is 0. The molecule has 6 nitrogen and oxygen atoms in total. The lowest BCUT2D eigenvalue weighted by molar-refractivity contribution is 0.162. The number of nitrogens with one attached hydrogen (secondary N) is 2. The standard InChI is InChI=1S/C15H24N2OS.C10H11NS.C5H13NO/c1-11(2)12-7-5-6-8-13(12)17-14(19)16-9-15(3,4)10-18;1-8(2)9-5-3-4-6-10(9)11-7-12;1-5(2,3-6)4-7/h5-8,11,18H,9-10H2,1-4H3,(H2,16,17,19);3-6,8H,1-2H3;7H,3-4,6H2,1-2H3. The number of rotatable bonds is 9. The molecule has 0 aliphatic carbocycles. The zero-order valence-corrected chi connectivity index (χ0v) is 26.0. The van der Waals surface area contributed by atoms with Gasteiger partial charge in [0.15, 0.2) is 5.11 Å². The maximum Gasteiger partial charge on any atom is 0.170 e. The highest BCUT2D eigenvalue weighted by Crippen LogP contribution is 2.25. The Labute approximate surface area is 241 Å². The first-order valence-corrected chi connectivity index (χ1v) is 13.8. The Hall–Kier alpha value is -2.19. The van der Waals surface area contributed by atoms with Gasteiger partial charge in [-0.2, -0.15) is 4.99 Å². The topological polar surface area (TPSA) is 103 Å². The molecule has 0 saturated heterocycles. The number of nitrogens with zero attached hydrogens (tertiary/aromatic N) is 1. The molecule has 0 amide bonds. The van der Waals surface area contributed by atoms with E-state index in [9.17, 15) is 5.11 Å². The summed E-state index contributed by atoms with van der Waals surface area (Å²) in [6, 6.07) is 16.1. The van der Waals surface area contributed by atoms with Crippen LogP contribution in [0.15, 0.2) is 53.5 Å². The second-order valence-electron chi connectivity index (χ2n) is 11.3.